The van der Waals surface area contributed by atoms with E-state index in [0.29, 0.717) is 5.56 Å². The lowest BCUT2D eigenvalue weighted by Gasteiger charge is -2.39. The first-order valence-corrected chi connectivity index (χ1v) is 9.07. The number of carbonyl (C=O) groups is 1. The van der Waals surface area contributed by atoms with Crippen molar-refractivity contribution in [1.29, 1.82) is 0 Å². The lowest BCUT2D eigenvalue weighted by molar-refractivity contribution is -0.277. The summed E-state index contributed by atoms with van der Waals surface area (Å²) in [5.41, 5.74) is 2.25. The molecule has 0 saturated carbocycles. The Kier molecular flexibility index (Phi) is 6.34. The van der Waals surface area contributed by atoms with Crippen LogP contribution in [-0.4, -0.2) is 63.5 Å². The molecule has 7 nitrogen and oxygen atoms in total. The molecule has 2 aromatic rings. The fraction of sp³-hybridized carbons (Fsp3) is 0.350. The monoisotopic (exact) mass is 408 g/mol. The van der Waals surface area contributed by atoms with Crippen LogP contribution in [0, 0.1) is 0 Å². The summed E-state index contributed by atoms with van der Waals surface area (Å²) in [4.78, 5) is 11.4. The number of ether oxygens (including phenoxy) is 2. The number of benzene rings is 2. The molecule has 5 atom stereocenters. The maximum atomic E-state index is 11.4. The van der Waals surface area contributed by atoms with Crippen LogP contribution in [0.4, 0.5) is 0 Å². The third kappa shape index (κ3) is 4.20. The Morgan fingerprint density at radius 3 is 2.25 bits per heavy atom. The quantitative estimate of drug-likeness (QED) is 0.552. The Bertz CT molecular complexity index is 837. The Balaban J connectivity index is 1.78. The largest absolute Gasteiger partial charge is 0.460 e. The van der Waals surface area contributed by atoms with Crippen LogP contribution in [-0.2, 0) is 4.74 Å². The van der Waals surface area contributed by atoms with Gasteiger partial charge in [0.25, 0.3) is 0 Å². The third-order valence-corrected chi connectivity index (χ3v) is 4.94. The minimum absolute atomic E-state index is 0.0205. The van der Waals surface area contributed by atoms with Crippen molar-refractivity contribution < 1.29 is 34.7 Å². The fourth-order valence-electron chi connectivity index (χ4n) is 2.96. The Hall–Kier alpha value is -2.00. The van der Waals surface area contributed by atoms with Crippen LogP contribution in [0.3, 0.4) is 0 Å². The lowest BCUT2D eigenvalue weighted by atomic mass is 9.99. The van der Waals surface area contributed by atoms with Gasteiger partial charge in [0, 0.05) is 5.56 Å². The molecular formula is C20H21ClO7. The second kappa shape index (κ2) is 8.57. The van der Waals surface area contributed by atoms with Gasteiger partial charge in [-0.05, 0) is 30.2 Å². The van der Waals surface area contributed by atoms with Crippen molar-refractivity contribution in [1.82, 2.24) is 0 Å². The standard InChI is InChI=1S/C20H21ClO7/c1-10(23)11-2-4-12(5-3-11)13-6-7-15(14(21)8-13)27-20-19(26)18(25)17(24)16(9-22)28-20/h2-8,16-20,22,24-26H,9H2,1H3/t16-,17-,18+,19+,20+/m1/s1. The van der Waals surface area contributed by atoms with Gasteiger partial charge >= 0.3 is 0 Å². The van der Waals surface area contributed by atoms with E-state index in [0.717, 1.165) is 11.1 Å². The summed E-state index contributed by atoms with van der Waals surface area (Å²) in [6, 6.07) is 12.0. The minimum atomic E-state index is -1.53. The first kappa shape index (κ1) is 20.7. The molecule has 28 heavy (non-hydrogen) atoms. The first-order chi connectivity index (χ1) is 13.3. The Morgan fingerprint density at radius 1 is 1.04 bits per heavy atom. The molecule has 0 bridgehead atoms. The van der Waals surface area contributed by atoms with Crippen molar-refractivity contribution in [2.45, 2.75) is 37.6 Å². The molecule has 0 aromatic heterocycles. The summed E-state index contributed by atoms with van der Waals surface area (Å²) in [7, 11) is 0. The molecule has 1 saturated heterocycles. The first-order valence-electron chi connectivity index (χ1n) is 8.70. The Morgan fingerprint density at radius 2 is 1.68 bits per heavy atom. The van der Waals surface area contributed by atoms with Gasteiger partial charge in [0.2, 0.25) is 6.29 Å². The third-order valence-electron chi connectivity index (χ3n) is 4.65. The van der Waals surface area contributed by atoms with Gasteiger partial charge in [0.15, 0.2) is 5.78 Å². The van der Waals surface area contributed by atoms with E-state index >= 15 is 0 Å². The SMILES string of the molecule is CC(=O)c1ccc(-c2ccc(O[C@H]3O[C@H](CO)[C@@H](O)[C@H](O)[C@@H]3O)c(Cl)c2)cc1. The van der Waals surface area contributed by atoms with Gasteiger partial charge in [-0.25, -0.2) is 0 Å². The van der Waals surface area contributed by atoms with Gasteiger partial charge < -0.3 is 29.9 Å². The van der Waals surface area contributed by atoms with E-state index in [2.05, 4.69) is 0 Å². The second-order valence-electron chi connectivity index (χ2n) is 6.59. The number of aliphatic hydroxyl groups excluding tert-OH is 4. The van der Waals surface area contributed by atoms with E-state index in [9.17, 15) is 25.2 Å². The number of hydrogen-bond donors (Lipinski definition) is 4. The summed E-state index contributed by atoms with van der Waals surface area (Å²) in [6.07, 6.45) is -6.90. The molecule has 0 radical (unpaired) electrons. The number of ketones is 1. The topological polar surface area (TPSA) is 116 Å². The number of Topliss-reactive ketones (excluding diaryl/α,β-unsaturated/α-hetero) is 1. The average molecular weight is 409 g/mol. The normalized spacial score (nSPS) is 27.4. The van der Waals surface area contributed by atoms with E-state index < -0.39 is 37.3 Å². The van der Waals surface area contributed by atoms with Crippen molar-refractivity contribution in [3.8, 4) is 16.9 Å². The van der Waals surface area contributed by atoms with Crippen LogP contribution in [0.5, 0.6) is 5.75 Å². The molecule has 2 aromatic carbocycles. The van der Waals surface area contributed by atoms with Crippen LogP contribution >= 0.6 is 11.6 Å². The van der Waals surface area contributed by atoms with E-state index in [-0.39, 0.29) is 16.6 Å². The molecule has 0 aliphatic carbocycles. The summed E-state index contributed by atoms with van der Waals surface area (Å²) < 4.78 is 10.9. The Labute approximate surface area is 166 Å². The van der Waals surface area contributed by atoms with E-state index in [4.69, 9.17) is 21.1 Å². The molecule has 1 heterocycles. The van der Waals surface area contributed by atoms with Crippen molar-refractivity contribution in [2.75, 3.05) is 6.61 Å². The van der Waals surface area contributed by atoms with Crippen molar-refractivity contribution in [2.24, 2.45) is 0 Å². The smallest absolute Gasteiger partial charge is 0.229 e. The molecule has 0 spiro atoms. The summed E-state index contributed by atoms with van der Waals surface area (Å²) >= 11 is 6.29. The highest BCUT2D eigenvalue weighted by molar-refractivity contribution is 6.32. The number of carbonyl (C=O) groups excluding carboxylic acids is 1. The highest BCUT2D eigenvalue weighted by Crippen LogP contribution is 2.33. The zero-order valence-corrected chi connectivity index (χ0v) is 15.8. The van der Waals surface area contributed by atoms with Gasteiger partial charge in [-0.3, -0.25) is 4.79 Å². The molecule has 0 unspecified atom stereocenters. The molecule has 3 rings (SSSR count). The molecule has 1 aliphatic heterocycles. The predicted molar refractivity (Wildman–Crippen MR) is 101 cm³/mol. The molecule has 0 amide bonds. The number of halogens is 1. The maximum Gasteiger partial charge on any atom is 0.229 e. The number of hydrogen-bond acceptors (Lipinski definition) is 7. The fourth-order valence-corrected chi connectivity index (χ4v) is 3.19. The zero-order valence-electron chi connectivity index (χ0n) is 15.0. The van der Waals surface area contributed by atoms with Crippen molar-refractivity contribution in [3.05, 3.63) is 53.1 Å². The van der Waals surface area contributed by atoms with Crippen LogP contribution in [0.1, 0.15) is 17.3 Å². The summed E-state index contributed by atoms with van der Waals surface area (Å²) in [5, 5.41) is 39.2. The lowest BCUT2D eigenvalue weighted by Crippen LogP contribution is -2.60. The molecule has 1 aliphatic rings. The summed E-state index contributed by atoms with van der Waals surface area (Å²) in [6.45, 7) is 0.949. The van der Waals surface area contributed by atoms with Crippen LogP contribution < -0.4 is 4.74 Å². The maximum absolute atomic E-state index is 11.4. The van der Waals surface area contributed by atoms with Gasteiger partial charge in [0.1, 0.15) is 30.2 Å². The second-order valence-corrected chi connectivity index (χ2v) is 7.00. The summed E-state index contributed by atoms with van der Waals surface area (Å²) in [5.74, 6) is 0.183. The van der Waals surface area contributed by atoms with Crippen LogP contribution in [0.15, 0.2) is 42.5 Å². The van der Waals surface area contributed by atoms with Gasteiger partial charge in [-0.2, -0.15) is 0 Å². The molecule has 4 N–H and O–H groups in total. The average Bonchev–Trinajstić information content (AvgIpc) is 2.69. The van der Waals surface area contributed by atoms with Gasteiger partial charge in [-0.15, -0.1) is 0 Å². The van der Waals surface area contributed by atoms with Crippen LogP contribution in [0.2, 0.25) is 5.02 Å². The molecule has 8 heteroatoms. The van der Waals surface area contributed by atoms with Crippen molar-refractivity contribution in [3.63, 3.8) is 0 Å². The van der Waals surface area contributed by atoms with Gasteiger partial charge in [-0.1, -0.05) is 41.9 Å². The molecule has 150 valence electrons. The predicted octanol–water partition coefficient (Wildman–Crippen LogP) is 1.39. The highest BCUT2D eigenvalue weighted by atomic mass is 35.5. The van der Waals surface area contributed by atoms with Crippen molar-refractivity contribution >= 4 is 17.4 Å². The van der Waals surface area contributed by atoms with Crippen LogP contribution in [0.25, 0.3) is 11.1 Å². The zero-order chi connectivity index (χ0) is 20.4. The minimum Gasteiger partial charge on any atom is -0.460 e. The van der Waals surface area contributed by atoms with E-state index in [1.54, 1.807) is 42.5 Å². The highest BCUT2D eigenvalue weighted by Gasteiger charge is 2.44. The van der Waals surface area contributed by atoms with E-state index in [1.165, 1.54) is 6.92 Å². The van der Waals surface area contributed by atoms with E-state index in [1.807, 2.05) is 0 Å². The number of rotatable bonds is 5. The molecular weight excluding hydrogens is 388 g/mol. The van der Waals surface area contributed by atoms with Gasteiger partial charge in [0.05, 0.1) is 11.6 Å². The molecule has 1 fully saturated rings. The number of aliphatic hydroxyl groups is 4.